The van der Waals surface area contributed by atoms with Crippen molar-refractivity contribution in [3.8, 4) is 17.3 Å². The van der Waals surface area contributed by atoms with Crippen LogP contribution in [0.3, 0.4) is 0 Å². The largest absolute Gasteiger partial charge is 0.435 e. The molecule has 0 aliphatic heterocycles. The number of aryl methyl sites for hydroxylation is 1. The first-order valence-corrected chi connectivity index (χ1v) is 13.1. The van der Waals surface area contributed by atoms with Gasteiger partial charge in [0, 0.05) is 25.7 Å². The molecule has 0 amide bonds. The number of rotatable bonds is 13. The van der Waals surface area contributed by atoms with Gasteiger partial charge in [0.2, 0.25) is 5.88 Å². The second-order valence-corrected chi connectivity index (χ2v) is 10.0. The average Bonchev–Trinajstić information content (AvgIpc) is 3.21. The zero-order chi connectivity index (χ0) is 27.8. The molecule has 1 atom stereocenters. The summed E-state index contributed by atoms with van der Waals surface area (Å²) in [4.78, 5) is 2.12. The van der Waals surface area contributed by atoms with Gasteiger partial charge in [-0.25, -0.2) is 13.5 Å². The quantitative estimate of drug-likeness (QED) is 0.218. The molecule has 0 fully saturated rings. The molecule has 0 bridgehead atoms. The predicted octanol–water partition coefficient (Wildman–Crippen LogP) is 6.29. The summed E-state index contributed by atoms with van der Waals surface area (Å²) in [6.45, 7) is 8.18. The van der Waals surface area contributed by atoms with E-state index in [9.17, 15) is 13.9 Å². The lowest BCUT2D eigenvalue weighted by Gasteiger charge is -2.27. The van der Waals surface area contributed by atoms with Gasteiger partial charge in [-0.3, -0.25) is 4.90 Å². The predicted molar refractivity (Wildman–Crippen MR) is 147 cm³/mol. The standard InChI is InChI=1S/C31H35F2N3O3/c1-22(2)17-35(18-27(37)21-38-20-24-10-6-4-7-11-24)19-28-23(3)34-36(26-12-8-5-9-13-26)31(28)39-30-15-14-25(32)16-29(30)33/h4-16,22,27,37H,17-21H2,1-3H3/t27-/m1/s1. The van der Waals surface area contributed by atoms with Crippen molar-refractivity contribution in [1.29, 1.82) is 0 Å². The van der Waals surface area contributed by atoms with Crippen LogP contribution in [0.15, 0.2) is 78.9 Å². The fourth-order valence-corrected chi connectivity index (χ4v) is 4.41. The Morgan fingerprint density at radius 1 is 0.949 bits per heavy atom. The van der Waals surface area contributed by atoms with Gasteiger partial charge in [-0.05, 0) is 42.7 Å². The van der Waals surface area contributed by atoms with Crippen LogP contribution in [-0.2, 0) is 17.9 Å². The summed E-state index contributed by atoms with van der Waals surface area (Å²) in [7, 11) is 0. The van der Waals surface area contributed by atoms with Crippen molar-refractivity contribution in [2.75, 3.05) is 19.7 Å². The molecule has 1 aromatic heterocycles. The Kier molecular flexibility index (Phi) is 9.81. The van der Waals surface area contributed by atoms with Gasteiger partial charge in [-0.15, -0.1) is 0 Å². The van der Waals surface area contributed by atoms with Crippen molar-refractivity contribution >= 4 is 0 Å². The molecule has 3 aromatic carbocycles. The highest BCUT2D eigenvalue weighted by atomic mass is 19.1. The summed E-state index contributed by atoms with van der Waals surface area (Å²) in [6.07, 6.45) is -0.712. The molecule has 8 heteroatoms. The molecule has 0 saturated heterocycles. The number of aliphatic hydroxyl groups is 1. The molecule has 0 saturated carbocycles. The summed E-state index contributed by atoms with van der Waals surface area (Å²) < 4.78 is 41.6. The molecule has 0 aliphatic rings. The normalized spacial score (nSPS) is 12.3. The van der Waals surface area contributed by atoms with E-state index in [2.05, 4.69) is 18.7 Å². The summed E-state index contributed by atoms with van der Waals surface area (Å²) in [5.74, 6) is -0.915. The molecule has 1 heterocycles. The smallest absolute Gasteiger partial charge is 0.227 e. The van der Waals surface area contributed by atoms with Gasteiger partial charge < -0.3 is 14.6 Å². The molecule has 1 N–H and O–H groups in total. The summed E-state index contributed by atoms with van der Waals surface area (Å²) in [6, 6.07) is 22.5. The fourth-order valence-electron chi connectivity index (χ4n) is 4.41. The number of para-hydroxylation sites is 1. The zero-order valence-corrected chi connectivity index (χ0v) is 22.6. The number of ether oxygens (including phenoxy) is 2. The van der Waals surface area contributed by atoms with Crippen LogP contribution in [0.25, 0.3) is 5.69 Å². The Morgan fingerprint density at radius 3 is 2.31 bits per heavy atom. The van der Waals surface area contributed by atoms with E-state index in [0.29, 0.717) is 43.7 Å². The Morgan fingerprint density at radius 2 is 1.64 bits per heavy atom. The molecule has 39 heavy (non-hydrogen) atoms. The number of hydrogen-bond donors (Lipinski definition) is 1. The number of benzene rings is 3. The van der Waals surface area contributed by atoms with Gasteiger partial charge in [0.05, 0.1) is 36.3 Å². The second kappa shape index (κ2) is 13.5. The molecule has 4 aromatic rings. The maximum absolute atomic E-state index is 14.6. The second-order valence-electron chi connectivity index (χ2n) is 10.0. The maximum Gasteiger partial charge on any atom is 0.227 e. The van der Waals surface area contributed by atoms with E-state index in [1.54, 1.807) is 4.68 Å². The average molecular weight is 536 g/mol. The molecule has 0 aliphatic carbocycles. The van der Waals surface area contributed by atoms with Crippen LogP contribution in [0.5, 0.6) is 11.6 Å². The zero-order valence-electron chi connectivity index (χ0n) is 22.6. The molecular weight excluding hydrogens is 500 g/mol. The van der Waals surface area contributed by atoms with E-state index in [4.69, 9.17) is 14.6 Å². The van der Waals surface area contributed by atoms with Crippen molar-refractivity contribution < 1.29 is 23.4 Å². The first-order chi connectivity index (χ1) is 18.8. The Balaban J connectivity index is 1.57. The molecule has 206 valence electrons. The molecule has 6 nitrogen and oxygen atoms in total. The molecule has 0 spiro atoms. The molecule has 4 rings (SSSR count). The van der Waals surface area contributed by atoms with E-state index < -0.39 is 17.7 Å². The lowest BCUT2D eigenvalue weighted by atomic mass is 10.1. The molecule has 0 radical (unpaired) electrons. The minimum Gasteiger partial charge on any atom is -0.435 e. The highest BCUT2D eigenvalue weighted by Gasteiger charge is 2.24. The van der Waals surface area contributed by atoms with Crippen LogP contribution in [-0.4, -0.2) is 45.6 Å². The van der Waals surface area contributed by atoms with Gasteiger partial charge in [0.15, 0.2) is 11.6 Å². The topological polar surface area (TPSA) is 59.8 Å². The maximum atomic E-state index is 14.6. The number of aromatic nitrogens is 2. The van der Waals surface area contributed by atoms with E-state index >= 15 is 0 Å². The van der Waals surface area contributed by atoms with Crippen molar-refractivity contribution in [2.45, 2.75) is 40.0 Å². The van der Waals surface area contributed by atoms with Crippen molar-refractivity contribution in [3.63, 3.8) is 0 Å². The molecule has 0 unspecified atom stereocenters. The third kappa shape index (κ3) is 7.95. The third-order valence-electron chi connectivity index (χ3n) is 6.13. The minimum absolute atomic E-state index is 0.0977. The van der Waals surface area contributed by atoms with Crippen LogP contribution < -0.4 is 4.74 Å². The Bertz CT molecular complexity index is 1330. The molecular formula is C31H35F2N3O3. The fraction of sp³-hybridized carbons (Fsp3) is 0.323. The summed E-state index contributed by atoms with van der Waals surface area (Å²) in [5, 5.41) is 15.5. The number of hydrogen-bond acceptors (Lipinski definition) is 5. The minimum atomic E-state index is -0.801. The number of aliphatic hydroxyl groups excluding tert-OH is 1. The van der Waals surface area contributed by atoms with Crippen LogP contribution in [0, 0.1) is 24.5 Å². The summed E-state index contributed by atoms with van der Waals surface area (Å²) >= 11 is 0. The van der Waals surface area contributed by atoms with E-state index in [1.165, 1.54) is 6.07 Å². The van der Waals surface area contributed by atoms with Gasteiger partial charge in [-0.2, -0.15) is 5.10 Å². The van der Waals surface area contributed by atoms with E-state index in [0.717, 1.165) is 28.9 Å². The summed E-state index contributed by atoms with van der Waals surface area (Å²) in [5.41, 5.74) is 3.25. The van der Waals surface area contributed by atoms with E-state index in [-0.39, 0.29) is 12.4 Å². The van der Waals surface area contributed by atoms with Crippen molar-refractivity contribution in [1.82, 2.24) is 14.7 Å². The van der Waals surface area contributed by atoms with E-state index in [1.807, 2.05) is 67.6 Å². The van der Waals surface area contributed by atoms with Crippen LogP contribution in [0.2, 0.25) is 0 Å². The van der Waals surface area contributed by atoms with Gasteiger partial charge >= 0.3 is 0 Å². The SMILES string of the molecule is Cc1nn(-c2ccccc2)c(Oc2ccc(F)cc2F)c1CN(CC(C)C)C[C@@H](O)COCc1ccccc1. The monoisotopic (exact) mass is 535 g/mol. The lowest BCUT2D eigenvalue weighted by Crippen LogP contribution is -2.37. The highest BCUT2D eigenvalue weighted by Crippen LogP contribution is 2.33. The van der Waals surface area contributed by atoms with Gasteiger partial charge in [0.25, 0.3) is 0 Å². The number of nitrogens with zero attached hydrogens (tertiary/aromatic N) is 3. The first-order valence-electron chi connectivity index (χ1n) is 13.1. The Labute approximate surface area is 228 Å². The van der Waals surface area contributed by atoms with Crippen molar-refractivity contribution in [3.05, 3.63) is 107 Å². The van der Waals surface area contributed by atoms with Crippen LogP contribution in [0.4, 0.5) is 8.78 Å². The van der Waals surface area contributed by atoms with Crippen LogP contribution in [0.1, 0.15) is 30.7 Å². The van der Waals surface area contributed by atoms with Crippen LogP contribution >= 0.6 is 0 Å². The van der Waals surface area contributed by atoms with Gasteiger partial charge in [-0.1, -0.05) is 62.4 Å². The highest BCUT2D eigenvalue weighted by molar-refractivity contribution is 5.43. The Hall–Kier alpha value is -3.59. The number of halogens is 2. The lowest BCUT2D eigenvalue weighted by molar-refractivity contribution is 0.00666. The van der Waals surface area contributed by atoms with Gasteiger partial charge in [0.1, 0.15) is 5.82 Å². The first kappa shape index (κ1) is 28.4. The van der Waals surface area contributed by atoms with Crippen molar-refractivity contribution in [2.24, 2.45) is 5.92 Å². The third-order valence-corrected chi connectivity index (χ3v) is 6.13.